The molecule has 174 valence electrons. The minimum absolute atomic E-state index is 0.0181. The number of nitrogens with zero attached hydrogens (tertiary/aromatic N) is 2. The maximum Gasteiger partial charge on any atom is 0.228 e. The number of hydrogen-bond donors (Lipinski definition) is 0. The molecule has 0 radical (unpaired) electrons. The highest BCUT2D eigenvalue weighted by atomic mass is 16.5. The summed E-state index contributed by atoms with van der Waals surface area (Å²) in [6.45, 7) is 5.08. The van der Waals surface area contributed by atoms with Gasteiger partial charge < -0.3 is 14.4 Å². The Kier molecular flexibility index (Phi) is 6.89. The van der Waals surface area contributed by atoms with Crippen LogP contribution in [0.2, 0.25) is 0 Å². The Labute approximate surface area is 196 Å². The van der Waals surface area contributed by atoms with E-state index in [1.54, 1.807) is 14.2 Å². The molecule has 1 aliphatic heterocycles. The molecule has 0 saturated carbocycles. The maximum atomic E-state index is 13.4. The van der Waals surface area contributed by atoms with E-state index in [1.165, 1.54) is 16.3 Å². The Bertz CT molecular complexity index is 1140. The Hall–Kier alpha value is -3.05. The molecule has 0 spiro atoms. The quantitative estimate of drug-likeness (QED) is 0.499. The lowest BCUT2D eigenvalue weighted by molar-refractivity contribution is -0.137. The molecule has 0 saturated heterocycles. The first-order chi connectivity index (χ1) is 16.0. The molecule has 5 heteroatoms. The van der Waals surface area contributed by atoms with Crippen LogP contribution in [0.3, 0.4) is 0 Å². The van der Waals surface area contributed by atoms with Crippen LogP contribution in [0.15, 0.2) is 54.6 Å². The van der Waals surface area contributed by atoms with Gasteiger partial charge in [0.2, 0.25) is 5.91 Å². The fourth-order valence-corrected chi connectivity index (χ4v) is 5.13. The van der Waals surface area contributed by atoms with Crippen molar-refractivity contribution in [1.82, 2.24) is 9.80 Å². The lowest BCUT2D eigenvalue weighted by Crippen LogP contribution is -2.50. The molecule has 0 fully saturated rings. The number of methoxy groups -OCH3 is 2. The van der Waals surface area contributed by atoms with E-state index in [-0.39, 0.29) is 18.1 Å². The van der Waals surface area contributed by atoms with Gasteiger partial charge in [-0.1, -0.05) is 49.4 Å². The summed E-state index contributed by atoms with van der Waals surface area (Å²) in [5.74, 6) is 1.54. The Balaban J connectivity index is 1.61. The Morgan fingerprint density at radius 2 is 1.67 bits per heavy atom. The molecule has 0 aromatic heterocycles. The van der Waals surface area contributed by atoms with Crippen LogP contribution in [0, 0.1) is 0 Å². The molecule has 1 amide bonds. The molecule has 3 aromatic rings. The average molecular weight is 447 g/mol. The first-order valence-corrected chi connectivity index (χ1v) is 11.7. The van der Waals surface area contributed by atoms with Gasteiger partial charge >= 0.3 is 0 Å². The molecular formula is C28H34N2O3. The van der Waals surface area contributed by atoms with E-state index in [2.05, 4.69) is 73.2 Å². The highest BCUT2D eigenvalue weighted by Crippen LogP contribution is 2.34. The van der Waals surface area contributed by atoms with E-state index in [9.17, 15) is 4.79 Å². The molecule has 0 bridgehead atoms. The van der Waals surface area contributed by atoms with Crippen LogP contribution in [-0.4, -0.2) is 49.7 Å². The van der Waals surface area contributed by atoms with Gasteiger partial charge in [-0.05, 0) is 66.4 Å². The molecular weight excluding hydrogens is 412 g/mol. The van der Waals surface area contributed by atoms with E-state index in [0.717, 1.165) is 24.0 Å². The summed E-state index contributed by atoms with van der Waals surface area (Å²) >= 11 is 0. The smallest absolute Gasteiger partial charge is 0.228 e. The summed E-state index contributed by atoms with van der Waals surface area (Å²) in [5.41, 5.74) is 3.47. The first-order valence-electron chi connectivity index (χ1n) is 11.7. The third-order valence-electron chi connectivity index (χ3n) is 7.07. The van der Waals surface area contributed by atoms with Crippen molar-refractivity contribution < 1.29 is 14.3 Å². The van der Waals surface area contributed by atoms with E-state index in [4.69, 9.17) is 9.47 Å². The Morgan fingerprint density at radius 3 is 2.36 bits per heavy atom. The topological polar surface area (TPSA) is 42.0 Å². The molecule has 1 heterocycles. The molecule has 2 unspecified atom stereocenters. The molecule has 33 heavy (non-hydrogen) atoms. The highest BCUT2D eigenvalue weighted by molar-refractivity contribution is 5.86. The van der Waals surface area contributed by atoms with Crippen molar-refractivity contribution in [3.05, 3.63) is 71.3 Å². The Morgan fingerprint density at radius 1 is 1.00 bits per heavy atom. The van der Waals surface area contributed by atoms with Crippen molar-refractivity contribution in [1.29, 1.82) is 0 Å². The van der Waals surface area contributed by atoms with Crippen LogP contribution in [0.25, 0.3) is 10.8 Å². The minimum atomic E-state index is 0.0181. The molecule has 0 N–H and O–H groups in total. The predicted octanol–water partition coefficient (Wildman–Crippen LogP) is 5.21. The molecule has 0 aliphatic carbocycles. The van der Waals surface area contributed by atoms with Gasteiger partial charge in [0.1, 0.15) is 0 Å². The standard InChI is InChI=1S/C28H34N2O3/c1-6-27(29(3)19(2)23-13-9-11-20-10-7-8-12-24(20)23)30-15-14-21-16-25(32-4)26(33-5)17-22(21)18-28(30)31/h7-13,16-17,19,27H,6,14-15,18H2,1-5H3. The van der Waals surface area contributed by atoms with Crippen molar-refractivity contribution in [3.8, 4) is 11.5 Å². The average Bonchev–Trinajstić information content (AvgIpc) is 3.00. The van der Waals surface area contributed by atoms with E-state index in [1.807, 2.05) is 12.1 Å². The molecule has 5 nitrogen and oxygen atoms in total. The summed E-state index contributed by atoms with van der Waals surface area (Å²) in [6.07, 6.45) is 2.06. The SMILES string of the molecule is CCC(N1CCc2cc(OC)c(OC)cc2CC1=O)N(C)C(C)c1cccc2ccccc12. The van der Waals surface area contributed by atoms with Gasteiger partial charge in [0.15, 0.2) is 11.5 Å². The fraction of sp³-hybridized carbons (Fsp3) is 0.393. The van der Waals surface area contributed by atoms with Gasteiger partial charge in [-0.15, -0.1) is 0 Å². The third kappa shape index (κ3) is 4.42. The summed E-state index contributed by atoms with van der Waals surface area (Å²) < 4.78 is 11.0. The molecule has 3 aromatic carbocycles. The van der Waals surface area contributed by atoms with Crippen molar-refractivity contribution in [2.45, 2.75) is 45.3 Å². The minimum Gasteiger partial charge on any atom is -0.493 e. The first kappa shape index (κ1) is 23.1. The van der Waals surface area contributed by atoms with Crippen LogP contribution >= 0.6 is 0 Å². The number of fused-ring (bicyclic) bond motifs is 2. The van der Waals surface area contributed by atoms with Crippen molar-refractivity contribution in [2.24, 2.45) is 0 Å². The number of amides is 1. The summed E-state index contributed by atoms with van der Waals surface area (Å²) in [5, 5.41) is 2.51. The number of ether oxygens (including phenoxy) is 2. The van der Waals surface area contributed by atoms with Crippen molar-refractivity contribution >= 4 is 16.7 Å². The van der Waals surface area contributed by atoms with Gasteiger partial charge in [-0.3, -0.25) is 9.69 Å². The molecule has 4 rings (SSSR count). The van der Waals surface area contributed by atoms with Gasteiger partial charge in [0, 0.05) is 12.6 Å². The van der Waals surface area contributed by atoms with Crippen LogP contribution < -0.4 is 9.47 Å². The van der Waals surface area contributed by atoms with Crippen LogP contribution in [0.5, 0.6) is 11.5 Å². The summed E-state index contributed by atoms with van der Waals surface area (Å²) in [6, 6.07) is 19.1. The van der Waals surface area contributed by atoms with Crippen LogP contribution in [-0.2, 0) is 17.6 Å². The zero-order valence-corrected chi connectivity index (χ0v) is 20.3. The van der Waals surface area contributed by atoms with E-state index in [0.29, 0.717) is 24.5 Å². The number of carbonyl (C=O) groups is 1. The number of rotatable bonds is 7. The second-order valence-electron chi connectivity index (χ2n) is 8.79. The third-order valence-corrected chi connectivity index (χ3v) is 7.07. The normalized spacial score (nSPS) is 15.8. The second-order valence-corrected chi connectivity index (χ2v) is 8.79. The number of carbonyl (C=O) groups excluding carboxylic acids is 1. The van der Waals surface area contributed by atoms with Gasteiger partial charge in [-0.25, -0.2) is 0 Å². The maximum absolute atomic E-state index is 13.4. The molecule has 1 aliphatic rings. The van der Waals surface area contributed by atoms with Crippen LogP contribution in [0.4, 0.5) is 0 Å². The second kappa shape index (κ2) is 9.84. The monoisotopic (exact) mass is 446 g/mol. The zero-order chi connectivity index (χ0) is 23.5. The zero-order valence-electron chi connectivity index (χ0n) is 20.3. The molecule has 2 atom stereocenters. The predicted molar refractivity (Wildman–Crippen MR) is 133 cm³/mol. The number of benzene rings is 3. The highest BCUT2D eigenvalue weighted by Gasteiger charge is 2.31. The largest absolute Gasteiger partial charge is 0.493 e. The van der Waals surface area contributed by atoms with Crippen LogP contribution in [0.1, 0.15) is 43.0 Å². The number of hydrogen-bond acceptors (Lipinski definition) is 4. The lowest BCUT2D eigenvalue weighted by Gasteiger charge is -2.40. The fourth-order valence-electron chi connectivity index (χ4n) is 5.13. The van der Waals surface area contributed by atoms with E-state index >= 15 is 0 Å². The lowest BCUT2D eigenvalue weighted by atomic mass is 9.98. The summed E-state index contributed by atoms with van der Waals surface area (Å²) in [4.78, 5) is 17.8. The summed E-state index contributed by atoms with van der Waals surface area (Å²) in [7, 11) is 5.42. The van der Waals surface area contributed by atoms with Gasteiger partial charge in [-0.2, -0.15) is 0 Å². The van der Waals surface area contributed by atoms with E-state index < -0.39 is 0 Å². The van der Waals surface area contributed by atoms with Gasteiger partial charge in [0.25, 0.3) is 0 Å². The van der Waals surface area contributed by atoms with Crippen molar-refractivity contribution in [3.63, 3.8) is 0 Å². The van der Waals surface area contributed by atoms with Crippen molar-refractivity contribution in [2.75, 3.05) is 27.8 Å². The van der Waals surface area contributed by atoms with Gasteiger partial charge in [0.05, 0.1) is 26.8 Å².